The second kappa shape index (κ2) is 7.13. The van der Waals surface area contributed by atoms with Crippen molar-refractivity contribution < 1.29 is 18.0 Å². The summed E-state index contributed by atoms with van der Waals surface area (Å²) in [5.74, 6) is -0.469. The molecule has 1 aromatic carbocycles. The molecular weight excluding hydrogens is 317 g/mol. The van der Waals surface area contributed by atoms with Gasteiger partial charge in [0.15, 0.2) is 0 Å². The molecule has 0 aromatic heterocycles. The number of nitrogens with zero attached hydrogens (tertiary/aromatic N) is 1. The molecular formula is C18H23F3N2O. The number of halogens is 3. The van der Waals surface area contributed by atoms with E-state index in [0.717, 1.165) is 51.1 Å². The number of carbonyl (C=O) groups excluding carboxylic acids is 1. The van der Waals surface area contributed by atoms with E-state index in [9.17, 15) is 18.0 Å². The normalized spacial score (nSPS) is 22.5. The number of amides is 1. The van der Waals surface area contributed by atoms with E-state index in [2.05, 4.69) is 5.32 Å². The summed E-state index contributed by atoms with van der Waals surface area (Å²) in [6.45, 7) is 1.47. The van der Waals surface area contributed by atoms with Crippen LogP contribution in [0.3, 0.4) is 0 Å². The zero-order valence-electron chi connectivity index (χ0n) is 13.6. The molecule has 6 heteroatoms. The Bertz CT molecular complexity index is 576. The summed E-state index contributed by atoms with van der Waals surface area (Å²) in [5, 5.41) is 3.23. The summed E-state index contributed by atoms with van der Waals surface area (Å²) in [4.78, 5) is 14.9. The average Bonchev–Trinajstić information content (AvgIpc) is 3.09. The summed E-state index contributed by atoms with van der Waals surface area (Å²) in [6, 6.07) is 5.19. The van der Waals surface area contributed by atoms with Crippen LogP contribution in [0.2, 0.25) is 0 Å². The minimum absolute atomic E-state index is 0.0121. The maximum absolute atomic E-state index is 13.3. The first-order chi connectivity index (χ1) is 11.5. The molecule has 1 heterocycles. The molecule has 0 spiro atoms. The van der Waals surface area contributed by atoms with E-state index in [1.54, 1.807) is 4.90 Å². The minimum Gasteiger partial charge on any atom is -0.331 e. The van der Waals surface area contributed by atoms with Crippen molar-refractivity contribution in [1.29, 1.82) is 0 Å². The Morgan fingerprint density at radius 1 is 1.04 bits per heavy atom. The standard InChI is InChI=1S/C18H23F3N2O/c19-18(20,21)16-9-5-4-8-15(16)17(24)23(14-10-11-22-12-14)13-6-2-1-3-7-13/h4-5,8-9,13-14,22H,1-3,6-7,10-12H2/t14-/m1/s1. The lowest BCUT2D eigenvalue weighted by Gasteiger charge is -2.39. The van der Waals surface area contributed by atoms with E-state index in [4.69, 9.17) is 0 Å². The number of nitrogens with one attached hydrogen (secondary N) is 1. The topological polar surface area (TPSA) is 32.3 Å². The van der Waals surface area contributed by atoms with E-state index < -0.39 is 17.6 Å². The first-order valence-electron chi connectivity index (χ1n) is 8.68. The van der Waals surface area contributed by atoms with Gasteiger partial charge in [0.2, 0.25) is 0 Å². The van der Waals surface area contributed by atoms with Crippen LogP contribution in [0.5, 0.6) is 0 Å². The molecule has 3 rings (SSSR count). The van der Waals surface area contributed by atoms with Crippen molar-refractivity contribution in [2.24, 2.45) is 0 Å². The van der Waals surface area contributed by atoms with Crippen LogP contribution in [0, 0.1) is 0 Å². The highest BCUT2D eigenvalue weighted by Gasteiger charge is 2.39. The highest BCUT2D eigenvalue weighted by Crippen LogP contribution is 2.34. The molecule has 0 unspecified atom stereocenters. The smallest absolute Gasteiger partial charge is 0.331 e. The van der Waals surface area contributed by atoms with Gasteiger partial charge < -0.3 is 10.2 Å². The van der Waals surface area contributed by atoms with Crippen molar-refractivity contribution in [3.05, 3.63) is 35.4 Å². The number of rotatable bonds is 3. The summed E-state index contributed by atoms with van der Waals surface area (Å²) in [5.41, 5.74) is -1.05. The van der Waals surface area contributed by atoms with Crippen molar-refractivity contribution in [2.45, 2.75) is 56.8 Å². The molecule has 1 amide bonds. The molecule has 24 heavy (non-hydrogen) atoms. The Hall–Kier alpha value is -1.56. The maximum atomic E-state index is 13.3. The molecule has 3 nitrogen and oxygen atoms in total. The minimum atomic E-state index is -4.52. The quantitative estimate of drug-likeness (QED) is 0.907. The van der Waals surface area contributed by atoms with E-state index in [0.29, 0.717) is 6.54 Å². The zero-order valence-corrected chi connectivity index (χ0v) is 13.6. The van der Waals surface area contributed by atoms with E-state index >= 15 is 0 Å². The van der Waals surface area contributed by atoms with Crippen LogP contribution in [0.25, 0.3) is 0 Å². The van der Waals surface area contributed by atoms with Gasteiger partial charge in [0, 0.05) is 18.6 Å². The van der Waals surface area contributed by atoms with E-state index in [-0.39, 0.29) is 17.6 Å². The molecule has 1 saturated carbocycles. The van der Waals surface area contributed by atoms with Gasteiger partial charge in [-0.25, -0.2) is 0 Å². The number of benzene rings is 1. The highest BCUT2D eigenvalue weighted by atomic mass is 19.4. The Balaban J connectivity index is 1.94. The third-order valence-corrected chi connectivity index (χ3v) is 5.09. The molecule has 0 bridgehead atoms. The van der Waals surface area contributed by atoms with Crippen LogP contribution in [0.1, 0.15) is 54.4 Å². The lowest BCUT2D eigenvalue weighted by Crippen LogP contribution is -2.49. The van der Waals surface area contributed by atoms with Gasteiger partial charge >= 0.3 is 6.18 Å². The third kappa shape index (κ3) is 3.58. The lowest BCUT2D eigenvalue weighted by atomic mass is 9.91. The van der Waals surface area contributed by atoms with Crippen molar-refractivity contribution in [1.82, 2.24) is 10.2 Å². The zero-order chi connectivity index (χ0) is 17.2. The van der Waals surface area contributed by atoms with Gasteiger partial charge in [-0.3, -0.25) is 4.79 Å². The first kappa shape index (κ1) is 17.3. The SMILES string of the molecule is O=C(c1ccccc1C(F)(F)F)N(C1CCCCC1)[C@@H]1CCNC1. The number of carbonyl (C=O) groups is 1. The van der Waals surface area contributed by atoms with Gasteiger partial charge in [-0.05, 0) is 37.9 Å². The van der Waals surface area contributed by atoms with Gasteiger partial charge in [-0.1, -0.05) is 31.4 Å². The molecule has 1 aliphatic carbocycles. The molecule has 1 aliphatic heterocycles. The van der Waals surface area contributed by atoms with Crippen LogP contribution in [0.15, 0.2) is 24.3 Å². The van der Waals surface area contributed by atoms with Crippen molar-refractivity contribution >= 4 is 5.91 Å². The molecule has 132 valence electrons. The van der Waals surface area contributed by atoms with E-state index in [1.807, 2.05) is 0 Å². The molecule has 2 aliphatic rings. The first-order valence-corrected chi connectivity index (χ1v) is 8.68. The number of hydrogen-bond donors (Lipinski definition) is 1. The second-order valence-electron chi connectivity index (χ2n) is 6.69. The van der Waals surface area contributed by atoms with Crippen molar-refractivity contribution in [3.8, 4) is 0 Å². The summed E-state index contributed by atoms with van der Waals surface area (Å²) in [6.07, 6.45) is 1.27. The monoisotopic (exact) mass is 340 g/mol. The maximum Gasteiger partial charge on any atom is 0.417 e. The van der Waals surface area contributed by atoms with Gasteiger partial charge in [0.1, 0.15) is 0 Å². The molecule has 1 atom stereocenters. The predicted octanol–water partition coefficient (Wildman–Crippen LogP) is 3.84. The molecule has 1 N–H and O–H groups in total. The van der Waals surface area contributed by atoms with Crippen LogP contribution in [-0.4, -0.2) is 36.0 Å². The average molecular weight is 340 g/mol. The Morgan fingerprint density at radius 3 is 2.38 bits per heavy atom. The fourth-order valence-electron chi connectivity index (χ4n) is 3.92. The lowest BCUT2D eigenvalue weighted by molar-refractivity contribution is -0.138. The van der Waals surface area contributed by atoms with Crippen molar-refractivity contribution in [3.63, 3.8) is 0 Å². The number of hydrogen-bond acceptors (Lipinski definition) is 2. The highest BCUT2D eigenvalue weighted by molar-refractivity contribution is 5.96. The van der Waals surface area contributed by atoms with Gasteiger partial charge in [0.05, 0.1) is 11.1 Å². The summed E-state index contributed by atoms with van der Waals surface area (Å²) >= 11 is 0. The van der Waals surface area contributed by atoms with E-state index in [1.165, 1.54) is 18.2 Å². The Morgan fingerprint density at radius 2 is 1.75 bits per heavy atom. The molecule has 1 saturated heterocycles. The van der Waals surface area contributed by atoms with Gasteiger partial charge in [0.25, 0.3) is 5.91 Å². The largest absolute Gasteiger partial charge is 0.417 e. The van der Waals surface area contributed by atoms with Crippen LogP contribution in [-0.2, 0) is 6.18 Å². The third-order valence-electron chi connectivity index (χ3n) is 5.09. The second-order valence-corrected chi connectivity index (χ2v) is 6.69. The van der Waals surface area contributed by atoms with Crippen molar-refractivity contribution in [2.75, 3.05) is 13.1 Å². The molecule has 2 fully saturated rings. The number of alkyl halides is 3. The van der Waals surface area contributed by atoms with Gasteiger partial charge in [-0.2, -0.15) is 13.2 Å². The predicted molar refractivity (Wildman–Crippen MR) is 85.8 cm³/mol. The van der Waals surface area contributed by atoms with Crippen LogP contribution < -0.4 is 5.32 Å². The van der Waals surface area contributed by atoms with Gasteiger partial charge in [-0.15, -0.1) is 0 Å². The summed E-state index contributed by atoms with van der Waals surface area (Å²) < 4.78 is 39.9. The van der Waals surface area contributed by atoms with Crippen LogP contribution in [0.4, 0.5) is 13.2 Å². The Labute approximate surface area is 140 Å². The van der Waals surface area contributed by atoms with Crippen LogP contribution >= 0.6 is 0 Å². The fraction of sp³-hybridized carbons (Fsp3) is 0.611. The molecule has 1 aromatic rings. The molecule has 0 radical (unpaired) electrons. The fourth-order valence-corrected chi connectivity index (χ4v) is 3.92. The Kier molecular flexibility index (Phi) is 5.13. The summed E-state index contributed by atoms with van der Waals surface area (Å²) in [7, 11) is 0.